The molecule has 2 N–H and O–H groups in total. The Morgan fingerprint density at radius 1 is 1.43 bits per heavy atom. The average molecular weight is 194 g/mol. The van der Waals surface area contributed by atoms with Crippen LogP contribution in [-0.2, 0) is 5.41 Å². The normalized spacial score (nSPS) is 19.4. The van der Waals surface area contributed by atoms with Gasteiger partial charge >= 0.3 is 0 Å². The second kappa shape index (κ2) is 2.76. The van der Waals surface area contributed by atoms with E-state index in [9.17, 15) is 4.39 Å². The highest BCUT2D eigenvalue weighted by Gasteiger charge is 2.52. The van der Waals surface area contributed by atoms with E-state index in [-0.39, 0.29) is 16.8 Å². The summed E-state index contributed by atoms with van der Waals surface area (Å²) in [4.78, 5) is 3.86. The van der Waals surface area contributed by atoms with Crippen molar-refractivity contribution >= 4 is 0 Å². The van der Waals surface area contributed by atoms with Crippen molar-refractivity contribution in [3.63, 3.8) is 0 Å². The number of aromatic nitrogens is 1. The summed E-state index contributed by atoms with van der Waals surface area (Å²) in [7, 11) is 0. The van der Waals surface area contributed by atoms with Crippen molar-refractivity contribution in [2.24, 2.45) is 5.73 Å². The van der Waals surface area contributed by atoms with Gasteiger partial charge in [0.25, 0.3) is 0 Å². The van der Waals surface area contributed by atoms with Crippen molar-refractivity contribution in [1.82, 2.24) is 4.98 Å². The number of hydrogen-bond acceptors (Lipinski definition) is 2. The summed E-state index contributed by atoms with van der Waals surface area (Å²) in [5.41, 5.74) is 6.69. The Morgan fingerprint density at radius 2 is 2.07 bits per heavy atom. The maximum absolute atomic E-state index is 13.0. The molecule has 0 saturated heterocycles. The Bertz CT molecular complexity index is 356. The summed E-state index contributed by atoms with van der Waals surface area (Å²) in [6.07, 6.45) is 4.94. The Kier molecular flexibility index (Phi) is 1.89. The molecular weight excluding hydrogens is 179 g/mol. The van der Waals surface area contributed by atoms with E-state index in [2.05, 4.69) is 18.8 Å². The molecule has 0 atom stereocenters. The first kappa shape index (κ1) is 9.59. The lowest BCUT2D eigenvalue weighted by atomic mass is 9.77. The number of nitrogens with zero attached hydrogens (tertiary/aromatic N) is 1. The summed E-state index contributed by atoms with van der Waals surface area (Å²) in [6, 6.07) is 1.53. The first-order valence-corrected chi connectivity index (χ1v) is 4.86. The molecule has 1 aromatic heterocycles. The molecule has 1 heterocycles. The predicted molar refractivity (Wildman–Crippen MR) is 53.4 cm³/mol. The van der Waals surface area contributed by atoms with Crippen LogP contribution >= 0.6 is 0 Å². The highest BCUT2D eigenvalue weighted by molar-refractivity contribution is 5.30. The van der Waals surface area contributed by atoms with E-state index in [1.165, 1.54) is 12.3 Å². The molecule has 0 radical (unpaired) electrons. The van der Waals surface area contributed by atoms with Crippen LogP contribution in [0.4, 0.5) is 4.39 Å². The summed E-state index contributed by atoms with van der Waals surface area (Å²) < 4.78 is 13.0. The second-order valence-corrected chi connectivity index (χ2v) is 4.67. The molecule has 0 bridgehead atoms. The number of hydrogen-bond donors (Lipinski definition) is 1. The van der Waals surface area contributed by atoms with Crippen molar-refractivity contribution in [2.75, 3.05) is 0 Å². The Labute approximate surface area is 83.3 Å². The van der Waals surface area contributed by atoms with E-state index >= 15 is 0 Å². The third-order valence-corrected chi connectivity index (χ3v) is 3.46. The third kappa shape index (κ3) is 1.32. The molecule has 0 spiro atoms. The van der Waals surface area contributed by atoms with E-state index in [1.807, 2.05) is 0 Å². The molecular formula is C11H15FN2. The molecule has 1 fully saturated rings. The molecule has 3 heteroatoms. The quantitative estimate of drug-likeness (QED) is 0.782. The molecule has 0 unspecified atom stereocenters. The van der Waals surface area contributed by atoms with Crippen LogP contribution in [0.1, 0.15) is 32.3 Å². The van der Waals surface area contributed by atoms with Gasteiger partial charge in [0.15, 0.2) is 0 Å². The van der Waals surface area contributed by atoms with Gasteiger partial charge in [0, 0.05) is 17.2 Å². The van der Waals surface area contributed by atoms with E-state index < -0.39 is 0 Å². The predicted octanol–water partition coefficient (Wildman–Crippen LogP) is 1.99. The van der Waals surface area contributed by atoms with E-state index in [1.54, 1.807) is 6.20 Å². The minimum Gasteiger partial charge on any atom is -0.324 e. The van der Waals surface area contributed by atoms with Crippen LogP contribution < -0.4 is 5.73 Å². The van der Waals surface area contributed by atoms with Crippen molar-refractivity contribution in [3.8, 4) is 0 Å². The monoisotopic (exact) mass is 194 g/mol. The minimum absolute atomic E-state index is 0.164. The smallest absolute Gasteiger partial charge is 0.141 e. The Balaban J connectivity index is 2.38. The first-order chi connectivity index (χ1) is 6.46. The zero-order valence-electron chi connectivity index (χ0n) is 8.55. The lowest BCUT2D eigenvalue weighted by molar-refractivity contribution is 0.388. The van der Waals surface area contributed by atoms with Crippen LogP contribution in [0.3, 0.4) is 0 Å². The number of nitrogens with two attached hydrogens (primary N) is 1. The third-order valence-electron chi connectivity index (χ3n) is 3.46. The van der Waals surface area contributed by atoms with Gasteiger partial charge in [-0.3, -0.25) is 4.98 Å². The van der Waals surface area contributed by atoms with Gasteiger partial charge in [0.05, 0.1) is 6.20 Å². The van der Waals surface area contributed by atoms with Gasteiger partial charge in [-0.05, 0) is 24.5 Å². The topological polar surface area (TPSA) is 38.9 Å². The van der Waals surface area contributed by atoms with Gasteiger partial charge in [-0.15, -0.1) is 0 Å². The van der Waals surface area contributed by atoms with Gasteiger partial charge in [0.1, 0.15) is 5.82 Å². The minimum atomic E-state index is -0.292. The molecule has 14 heavy (non-hydrogen) atoms. The number of rotatable bonds is 2. The maximum Gasteiger partial charge on any atom is 0.141 e. The standard InChI is InChI=1S/C11H15FN2/c1-10(2,11(13)3-4-11)8-5-9(12)7-14-6-8/h5-7H,3-4,13H2,1-2H3. The van der Waals surface area contributed by atoms with Crippen molar-refractivity contribution in [1.29, 1.82) is 0 Å². The fourth-order valence-corrected chi connectivity index (χ4v) is 1.80. The average Bonchev–Trinajstić information content (AvgIpc) is 2.85. The summed E-state index contributed by atoms with van der Waals surface area (Å²) in [6.45, 7) is 4.10. The van der Waals surface area contributed by atoms with Gasteiger partial charge in [0.2, 0.25) is 0 Å². The van der Waals surface area contributed by atoms with Crippen LogP contribution in [-0.4, -0.2) is 10.5 Å². The van der Waals surface area contributed by atoms with Crippen molar-refractivity contribution < 1.29 is 4.39 Å². The molecule has 2 rings (SSSR count). The Morgan fingerprint density at radius 3 is 2.57 bits per heavy atom. The summed E-state index contributed by atoms with van der Waals surface area (Å²) in [5.74, 6) is -0.292. The summed E-state index contributed by atoms with van der Waals surface area (Å²) >= 11 is 0. The molecule has 1 aliphatic carbocycles. The van der Waals surface area contributed by atoms with E-state index in [0.29, 0.717) is 0 Å². The lowest BCUT2D eigenvalue weighted by Crippen LogP contribution is -2.43. The molecule has 2 nitrogen and oxygen atoms in total. The second-order valence-electron chi connectivity index (χ2n) is 4.67. The number of pyridine rings is 1. The van der Waals surface area contributed by atoms with Crippen LogP contribution in [0.25, 0.3) is 0 Å². The zero-order chi connectivity index (χ0) is 10.4. The maximum atomic E-state index is 13.0. The van der Waals surface area contributed by atoms with Crippen LogP contribution in [0.2, 0.25) is 0 Å². The van der Waals surface area contributed by atoms with Crippen molar-refractivity contribution in [3.05, 3.63) is 29.8 Å². The molecule has 1 aromatic rings. The zero-order valence-corrected chi connectivity index (χ0v) is 8.55. The molecule has 1 saturated carbocycles. The lowest BCUT2D eigenvalue weighted by Gasteiger charge is -2.32. The molecule has 1 aliphatic rings. The highest BCUT2D eigenvalue weighted by atomic mass is 19.1. The Hall–Kier alpha value is -0.960. The van der Waals surface area contributed by atoms with Crippen LogP contribution in [0.5, 0.6) is 0 Å². The van der Waals surface area contributed by atoms with Gasteiger partial charge in [-0.2, -0.15) is 0 Å². The fourth-order valence-electron chi connectivity index (χ4n) is 1.80. The summed E-state index contributed by atoms with van der Waals surface area (Å²) in [5, 5.41) is 0. The molecule has 76 valence electrons. The molecule has 0 aliphatic heterocycles. The molecule has 0 amide bonds. The highest BCUT2D eigenvalue weighted by Crippen LogP contribution is 2.48. The van der Waals surface area contributed by atoms with Crippen LogP contribution in [0.15, 0.2) is 18.5 Å². The van der Waals surface area contributed by atoms with Gasteiger partial charge in [-0.25, -0.2) is 4.39 Å². The van der Waals surface area contributed by atoms with Gasteiger partial charge in [-0.1, -0.05) is 13.8 Å². The van der Waals surface area contributed by atoms with E-state index in [4.69, 9.17) is 5.73 Å². The van der Waals surface area contributed by atoms with E-state index in [0.717, 1.165) is 18.4 Å². The first-order valence-electron chi connectivity index (χ1n) is 4.86. The van der Waals surface area contributed by atoms with Crippen LogP contribution in [0, 0.1) is 5.82 Å². The van der Waals surface area contributed by atoms with Gasteiger partial charge < -0.3 is 5.73 Å². The van der Waals surface area contributed by atoms with Crippen molar-refractivity contribution in [2.45, 2.75) is 37.6 Å². The largest absolute Gasteiger partial charge is 0.324 e. The SMILES string of the molecule is CC(C)(c1cncc(F)c1)C1(N)CC1. The fraction of sp³-hybridized carbons (Fsp3) is 0.545. The molecule has 0 aromatic carbocycles. The number of halogens is 1.